The van der Waals surface area contributed by atoms with Gasteiger partial charge in [-0.2, -0.15) is 0 Å². The van der Waals surface area contributed by atoms with E-state index in [0.717, 1.165) is 24.7 Å². The van der Waals surface area contributed by atoms with Gasteiger partial charge in [0, 0.05) is 10.8 Å². The fourth-order valence-corrected chi connectivity index (χ4v) is 6.04. The van der Waals surface area contributed by atoms with E-state index in [0.29, 0.717) is 11.8 Å². The Balaban J connectivity index is 1.90. The Kier molecular flexibility index (Phi) is 9.32. The molecule has 4 heteroatoms. The summed E-state index contributed by atoms with van der Waals surface area (Å²) in [6, 6.07) is 4.42. The van der Waals surface area contributed by atoms with Crippen LogP contribution in [0, 0.1) is 11.8 Å². The first kappa shape index (κ1) is 23.4. The minimum Gasteiger partial charge on any atom is -0.489 e. The third kappa shape index (κ3) is 5.50. The van der Waals surface area contributed by atoms with Gasteiger partial charge >= 0.3 is 0 Å². The molecule has 0 bridgehead atoms. The Morgan fingerprint density at radius 3 is 1.50 bits per heavy atom. The largest absolute Gasteiger partial charge is 0.489 e. The summed E-state index contributed by atoms with van der Waals surface area (Å²) in [7, 11) is 0. The van der Waals surface area contributed by atoms with Crippen LogP contribution in [0.3, 0.4) is 0 Å². The molecule has 0 N–H and O–H groups in total. The van der Waals surface area contributed by atoms with Crippen LogP contribution in [-0.2, 0) is 0 Å². The lowest BCUT2D eigenvalue weighted by Gasteiger charge is -2.21. The SMILES string of the molecule is CCCCC(CC)COc1c(OCC(CC)CCCC)c2ccsc2c2sccc12. The average molecular weight is 447 g/mol. The Morgan fingerprint density at radius 1 is 0.700 bits per heavy atom. The molecule has 0 aliphatic carbocycles. The zero-order valence-corrected chi connectivity index (χ0v) is 20.8. The van der Waals surface area contributed by atoms with Gasteiger partial charge < -0.3 is 9.47 Å². The molecule has 0 saturated heterocycles. The third-order valence-corrected chi connectivity index (χ3v) is 8.24. The maximum absolute atomic E-state index is 6.57. The molecule has 3 rings (SSSR count). The number of thiophene rings is 2. The van der Waals surface area contributed by atoms with Crippen molar-refractivity contribution in [2.75, 3.05) is 13.2 Å². The Bertz CT molecular complexity index is 822. The van der Waals surface area contributed by atoms with Gasteiger partial charge in [-0.05, 0) is 47.6 Å². The number of ether oxygens (including phenoxy) is 2. The highest BCUT2D eigenvalue weighted by atomic mass is 32.1. The van der Waals surface area contributed by atoms with Gasteiger partial charge in [0.15, 0.2) is 11.5 Å². The Labute approximate surface area is 190 Å². The number of fused-ring (bicyclic) bond motifs is 3. The summed E-state index contributed by atoms with van der Waals surface area (Å²) < 4.78 is 15.8. The van der Waals surface area contributed by atoms with E-state index in [4.69, 9.17) is 9.47 Å². The first-order valence-electron chi connectivity index (χ1n) is 11.9. The molecule has 3 aromatic rings. The van der Waals surface area contributed by atoms with E-state index < -0.39 is 0 Å². The molecule has 2 atom stereocenters. The lowest BCUT2D eigenvalue weighted by molar-refractivity contribution is 0.203. The van der Waals surface area contributed by atoms with Gasteiger partial charge in [-0.15, -0.1) is 22.7 Å². The lowest BCUT2D eigenvalue weighted by Crippen LogP contribution is -2.14. The summed E-state index contributed by atoms with van der Waals surface area (Å²) in [5.74, 6) is 3.16. The predicted molar refractivity (Wildman–Crippen MR) is 135 cm³/mol. The van der Waals surface area contributed by atoms with Gasteiger partial charge in [0.1, 0.15) is 0 Å². The van der Waals surface area contributed by atoms with Crippen LogP contribution < -0.4 is 9.47 Å². The summed E-state index contributed by atoms with van der Waals surface area (Å²) in [6.07, 6.45) is 9.86. The average Bonchev–Trinajstić information content (AvgIpc) is 3.44. The molecule has 2 aromatic heterocycles. The van der Waals surface area contributed by atoms with E-state index in [2.05, 4.69) is 50.6 Å². The Morgan fingerprint density at radius 2 is 1.13 bits per heavy atom. The highest BCUT2D eigenvalue weighted by Crippen LogP contribution is 2.48. The van der Waals surface area contributed by atoms with Crippen molar-refractivity contribution in [1.82, 2.24) is 0 Å². The number of rotatable bonds is 14. The van der Waals surface area contributed by atoms with Crippen molar-refractivity contribution in [2.24, 2.45) is 11.8 Å². The highest BCUT2D eigenvalue weighted by Gasteiger charge is 2.21. The zero-order valence-electron chi connectivity index (χ0n) is 19.2. The first-order chi connectivity index (χ1) is 14.7. The van der Waals surface area contributed by atoms with Gasteiger partial charge in [-0.3, -0.25) is 0 Å². The van der Waals surface area contributed by atoms with Crippen LogP contribution >= 0.6 is 22.7 Å². The molecule has 0 radical (unpaired) electrons. The van der Waals surface area contributed by atoms with Crippen molar-refractivity contribution in [3.05, 3.63) is 22.9 Å². The third-order valence-electron chi connectivity index (χ3n) is 6.25. The summed E-state index contributed by atoms with van der Waals surface area (Å²) in [6.45, 7) is 10.6. The van der Waals surface area contributed by atoms with Crippen LogP contribution in [0.2, 0.25) is 0 Å². The Hall–Kier alpha value is -1.26. The van der Waals surface area contributed by atoms with Gasteiger partial charge in [-0.25, -0.2) is 0 Å². The van der Waals surface area contributed by atoms with Crippen LogP contribution in [-0.4, -0.2) is 13.2 Å². The molecular formula is C26H38O2S2. The van der Waals surface area contributed by atoms with Crippen LogP contribution in [0.4, 0.5) is 0 Å². The molecule has 1 aromatic carbocycles. The molecule has 0 aliphatic heterocycles. The molecule has 2 nitrogen and oxygen atoms in total. The number of hydrogen-bond donors (Lipinski definition) is 0. The fourth-order valence-electron chi connectivity index (χ4n) is 4.06. The smallest absolute Gasteiger partial charge is 0.170 e. The van der Waals surface area contributed by atoms with Crippen molar-refractivity contribution in [3.8, 4) is 11.5 Å². The van der Waals surface area contributed by atoms with Crippen molar-refractivity contribution in [1.29, 1.82) is 0 Å². The minimum absolute atomic E-state index is 0.609. The molecule has 0 amide bonds. The molecule has 30 heavy (non-hydrogen) atoms. The summed E-state index contributed by atoms with van der Waals surface area (Å²) in [4.78, 5) is 0. The molecular weight excluding hydrogens is 408 g/mol. The topological polar surface area (TPSA) is 18.5 Å². The summed E-state index contributed by atoms with van der Waals surface area (Å²) >= 11 is 3.63. The van der Waals surface area contributed by atoms with E-state index in [-0.39, 0.29) is 0 Å². The number of hydrogen-bond acceptors (Lipinski definition) is 4. The van der Waals surface area contributed by atoms with Gasteiger partial charge in [-0.1, -0.05) is 66.2 Å². The maximum atomic E-state index is 6.57. The summed E-state index contributed by atoms with van der Waals surface area (Å²) in [5, 5.41) is 6.81. The zero-order chi connectivity index (χ0) is 21.3. The van der Waals surface area contributed by atoms with Crippen LogP contribution in [0.5, 0.6) is 11.5 Å². The number of benzene rings is 1. The van der Waals surface area contributed by atoms with E-state index in [1.807, 2.05) is 22.7 Å². The second-order valence-electron chi connectivity index (χ2n) is 8.44. The number of unbranched alkanes of at least 4 members (excludes halogenated alkanes) is 2. The molecule has 0 saturated carbocycles. The molecule has 0 fully saturated rings. The van der Waals surface area contributed by atoms with Gasteiger partial charge in [0.2, 0.25) is 0 Å². The van der Waals surface area contributed by atoms with E-state index in [1.165, 1.54) is 71.5 Å². The maximum Gasteiger partial charge on any atom is 0.170 e. The van der Waals surface area contributed by atoms with Crippen molar-refractivity contribution < 1.29 is 9.47 Å². The monoisotopic (exact) mass is 446 g/mol. The normalized spacial score (nSPS) is 13.7. The van der Waals surface area contributed by atoms with Crippen molar-refractivity contribution in [2.45, 2.75) is 79.1 Å². The van der Waals surface area contributed by atoms with Gasteiger partial charge in [0.05, 0.1) is 22.6 Å². The van der Waals surface area contributed by atoms with Crippen molar-refractivity contribution in [3.63, 3.8) is 0 Å². The molecule has 0 spiro atoms. The lowest BCUT2D eigenvalue weighted by atomic mass is 10.0. The highest BCUT2D eigenvalue weighted by molar-refractivity contribution is 7.25. The summed E-state index contributed by atoms with van der Waals surface area (Å²) in [5.41, 5.74) is 0. The van der Waals surface area contributed by atoms with E-state index >= 15 is 0 Å². The van der Waals surface area contributed by atoms with Crippen molar-refractivity contribution >= 4 is 42.8 Å². The quantitative estimate of drug-likeness (QED) is 0.245. The van der Waals surface area contributed by atoms with Crippen LogP contribution in [0.25, 0.3) is 20.2 Å². The van der Waals surface area contributed by atoms with Gasteiger partial charge in [0.25, 0.3) is 0 Å². The van der Waals surface area contributed by atoms with Crippen LogP contribution in [0.15, 0.2) is 22.9 Å². The molecule has 0 aliphatic rings. The first-order valence-corrected chi connectivity index (χ1v) is 13.6. The second-order valence-corrected chi connectivity index (χ2v) is 10.3. The second kappa shape index (κ2) is 12.0. The molecule has 166 valence electrons. The minimum atomic E-state index is 0.609. The standard InChI is InChI=1S/C26H38O2S2/c1-5-9-11-19(7-3)17-27-23-21-13-15-29-25(21)26-22(14-16-30-26)24(23)28-18-20(8-4)12-10-6-2/h13-16,19-20H,5-12,17-18H2,1-4H3. The van der Waals surface area contributed by atoms with E-state index in [1.54, 1.807) is 0 Å². The predicted octanol–water partition coefficient (Wildman–Crippen LogP) is 9.31. The van der Waals surface area contributed by atoms with E-state index in [9.17, 15) is 0 Å². The molecule has 2 unspecified atom stereocenters. The molecule has 2 heterocycles. The van der Waals surface area contributed by atoms with Crippen LogP contribution in [0.1, 0.15) is 79.1 Å². The fraction of sp³-hybridized carbons (Fsp3) is 0.615.